The third kappa shape index (κ3) is 4.19. The van der Waals surface area contributed by atoms with E-state index in [-0.39, 0.29) is 5.95 Å². The Bertz CT molecular complexity index is 1130. The molecule has 0 fully saturated rings. The molecular formula is C20H13Cl2N5O. The van der Waals surface area contributed by atoms with Crippen molar-refractivity contribution in [1.29, 1.82) is 0 Å². The van der Waals surface area contributed by atoms with Crippen molar-refractivity contribution in [2.75, 3.05) is 5.43 Å². The second kappa shape index (κ2) is 8.21. The molecule has 2 heterocycles. The van der Waals surface area contributed by atoms with Crippen molar-refractivity contribution < 1.29 is 4.42 Å². The molecule has 2 aromatic carbocycles. The minimum atomic E-state index is 0.283. The van der Waals surface area contributed by atoms with Gasteiger partial charge >= 0.3 is 0 Å². The highest BCUT2D eigenvalue weighted by molar-refractivity contribution is 6.36. The maximum Gasteiger partial charge on any atom is 0.263 e. The van der Waals surface area contributed by atoms with Crippen LogP contribution >= 0.6 is 23.2 Å². The lowest BCUT2D eigenvalue weighted by molar-refractivity contribution is 0.575. The highest BCUT2D eigenvalue weighted by Crippen LogP contribution is 2.31. The fourth-order valence-electron chi connectivity index (χ4n) is 2.51. The third-order valence-corrected chi connectivity index (χ3v) is 4.36. The van der Waals surface area contributed by atoms with Gasteiger partial charge in [0.1, 0.15) is 11.5 Å². The molecule has 0 aliphatic rings. The molecule has 0 saturated heterocycles. The molecule has 0 aliphatic heterocycles. The molecule has 0 aliphatic carbocycles. The largest absolute Gasteiger partial charge is 0.455 e. The molecule has 2 aromatic heterocycles. The number of aromatic nitrogens is 3. The van der Waals surface area contributed by atoms with Crippen LogP contribution in [0, 0.1) is 0 Å². The molecule has 4 rings (SSSR count). The van der Waals surface area contributed by atoms with Crippen molar-refractivity contribution in [3.63, 3.8) is 0 Å². The zero-order chi connectivity index (χ0) is 19.3. The van der Waals surface area contributed by atoms with Crippen molar-refractivity contribution in [3.05, 3.63) is 82.7 Å². The van der Waals surface area contributed by atoms with Crippen LogP contribution in [0.1, 0.15) is 5.76 Å². The lowest BCUT2D eigenvalue weighted by atomic mass is 10.2. The van der Waals surface area contributed by atoms with Crippen molar-refractivity contribution in [3.8, 4) is 22.6 Å². The molecule has 0 amide bonds. The zero-order valence-corrected chi connectivity index (χ0v) is 15.9. The maximum absolute atomic E-state index is 6.21. The number of hydrogen-bond acceptors (Lipinski definition) is 6. The van der Waals surface area contributed by atoms with Gasteiger partial charge in [-0.1, -0.05) is 53.5 Å². The molecule has 0 unspecified atom stereocenters. The molecule has 0 saturated carbocycles. The van der Waals surface area contributed by atoms with Crippen molar-refractivity contribution >= 4 is 35.4 Å². The summed E-state index contributed by atoms with van der Waals surface area (Å²) >= 11 is 12.1. The van der Waals surface area contributed by atoms with E-state index >= 15 is 0 Å². The Morgan fingerprint density at radius 3 is 2.68 bits per heavy atom. The first-order valence-corrected chi connectivity index (χ1v) is 9.04. The fourth-order valence-corrected chi connectivity index (χ4v) is 3.01. The van der Waals surface area contributed by atoms with Crippen LogP contribution in [0.2, 0.25) is 10.0 Å². The summed E-state index contributed by atoms with van der Waals surface area (Å²) in [5.74, 6) is 1.44. The first-order valence-electron chi connectivity index (χ1n) is 8.28. The minimum Gasteiger partial charge on any atom is -0.455 e. The van der Waals surface area contributed by atoms with Crippen LogP contribution in [0.3, 0.4) is 0 Å². The van der Waals surface area contributed by atoms with Gasteiger partial charge in [0.2, 0.25) is 0 Å². The Morgan fingerprint density at radius 2 is 1.86 bits per heavy atom. The monoisotopic (exact) mass is 409 g/mol. The predicted molar refractivity (Wildman–Crippen MR) is 111 cm³/mol. The molecule has 138 valence electrons. The topological polar surface area (TPSA) is 76.2 Å². The number of rotatable bonds is 5. The molecule has 6 nitrogen and oxygen atoms in total. The summed E-state index contributed by atoms with van der Waals surface area (Å²) in [6, 6.07) is 18.5. The summed E-state index contributed by atoms with van der Waals surface area (Å²) in [7, 11) is 0. The summed E-state index contributed by atoms with van der Waals surface area (Å²) < 4.78 is 5.75. The van der Waals surface area contributed by atoms with E-state index in [1.165, 1.54) is 6.21 Å². The van der Waals surface area contributed by atoms with Gasteiger partial charge in [-0.15, -0.1) is 5.10 Å². The van der Waals surface area contributed by atoms with E-state index in [1.807, 2.05) is 36.4 Å². The second-order valence-electron chi connectivity index (χ2n) is 5.73. The van der Waals surface area contributed by atoms with Crippen molar-refractivity contribution in [2.45, 2.75) is 0 Å². The molecule has 8 heteroatoms. The number of furan rings is 1. The Morgan fingerprint density at radius 1 is 1.00 bits per heavy atom. The molecule has 0 atom stereocenters. The number of nitrogens with zero attached hydrogens (tertiary/aromatic N) is 4. The van der Waals surface area contributed by atoms with Gasteiger partial charge in [0.15, 0.2) is 0 Å². The van der Waals surface area contributed by atoms with Gasteiger partial charge in [0.25, 0.3) is 5.95 Å². The Hall–Kier alpha value is -3.22. The summed E-state index contributed by atoms with van der Waals surface area (Å²) in [5.41, 5.74) is 5.15. The summed E-state index contributed by atoms with van der Waals surface area (Å²) in [6.07, 6.45) is 3.12. The summed E-state index contributed by atoms with van der Waals surface area (Å²) in [6.45, 7) is 0. The van der Waals surface area contributed by atoms with Crippen LogP contribution in [0.5, 0.6) is 0 Å². The molecule has 0 spiro atoms. The smallest absolute Gasteiger partial charge is 0.263 e. The molecule has 4 aromatic rings. The normalized spacial score (nSPS) is 11.1. The van der Waals surface area contributed by atoms with E-state index in [2.05, 4.69) is 25.7 Å². The van der Waals surface area contributed by atoms with Crippen LogP contribution in [0.15, 0.2) is 76.4 Å². The predicted octanol–water partition coefficient (Wildman–Crippen LogP) is 5.55. The van der Waals surface area contributed by atoms with Gasteiger partial charge in [-0.25, -0.2) is 10.4 Å². The first kappa shape index (κ1) is 18.2. The van der Waals surface area contributed by atoms with Gasteiger partial charge in [-0.3, -0.25) is 0 Å². The first-order chi connectivity index (χ1) is 13.7. The second-order valence-corrected chi connectivity index (χ2v) is 6.57. The number of nitrogens with one attached hydrogen (secondary N) is 1. The molecular weight excluding hydrogens is 397 g/mol. The summed E-state index contributed by atoms with van der Waals surface area (Å²) in [4.78, 5) is 4.39. The average molecular weight is 410 g/mol. The highest BCUT2D eigenvalue weighted by atomic mass is 35.5. The van der Waals surface area contributed by atoms with E-state index in [0.29, 0.717) is 27.3 Å². The van der Waals surface area contributed by atoms with Gasteiger partial charge < -0.3 is 4.42 Å². The Balaban J connectivity index is 1.47. The van der Waals surface area contributed by atoms with Gasteiger partial charge in [-0.05, 0) is 30.3 Å². The van der Waals surface area contributed by atoms with Gasteiger partial charge in [-0.2, -0.15) is 10.2 Å². The van der Waals surface area contributed by atoms with Crippen molar-refractivity contribution in [2.24, 2.45) is 5.10 Å². The fraction of sp³-hybridized carbons (Fsp3) is 0. The van der Waals surface area contributed by atoms with Crippen LogP contribution in [0.25, 0.3) is 22.6 Å². The van der Waals surface area contributed by atoms with Crippen LogP contribution in [-0.2, 0) is 0 Å². The Labute approximate surface area is 170 Å². The quantitative estimate of drug-likeness (QED) is 0.345. The highest BCUT2D eigenvalue weighted by Gasteiger charge is 2.08. The van der Waals surface area contributed by atoms with Crippen LogP contribution in [0.4, 0.5) is 5.95 Å². The van der Waals surface area contributed by atoms with Gasteiger partial charge in [0.05, 0.1) is 23.1 Å². The molecule has 1 N–H and O–H groups in total. The molecule has 0 bridgehead atoms. The summed E-state index contributed by atoms with van der Waals surface area (Å²) in [5, 5.41) is 13.1. The van der Waals surface area contributed by atoms with E-state index in [1.54, 1.807) is 30.5 Å². The Kier molecular flexibility index (Phi) is 5.32. The maximum atomic E-state index is 6.21. The molecule has 0 radical (unpaired) electrons. The van der Waals surface area contributed by atoms with Crippen LogP contribution in [-0.4, -0.2) is 21.4 Å². The van der Waals surface area contributed by atoms with Gasteiger partial charge in [0, 0.05) is 16.1 Å². The van der Waals surface area contributed by atoms with E-state index in [9.17, 15) is 0 Å². The standard InChI is InChI=1S/C20H13Cl2N5O/c21-14-6-8-16(17(22)10-14)19-9-7-15(28-19)11-23-26-20-25-18(12-24-27-20)13-4-2-1-3-5-13/h1-12H,(H,25,26,27)/b23-11+. The molecule has 28 heavy (non-hydrogen) atoms. The number of anilines is 1. The lowest BCUT2D eigenvalue weighted by Gasteiger charge is -2.02. The van der Waals surface area contributed by atoms with Crippen LogP contribution < -0.4 is 5.43 Å². The van der Waals surface area contributed by atoms with Crippen molar-refractivity contribution in [1.82, 2.24) is 15.2 Å². The number of halogens is 2. The SMILES string of the molecule is Clc1ccc(-c2ccc(/C=N/Nc3nncc(-c4ccccc4)n3)o2)c(Cl)c1. The average Bonchev–Trinajstić information content (AvgIpc) is 3.17. The number of hydrogen-bond donors (Lipinski definition) is 1. The van der Waals surface area contributed by atoms with E-state index in [0.717, 1.165) is 11.1 Å². The number of hydrazone groups is 1. The lowest BCUT2D eigenvalue weighted by Crippen LogP contribution is -1.99. The third-order valence-electron chi connectivity index (χ3n) is 3.81. The number of benzene rings is 2. The zero-order valence-electron chi connectivity index (χ0n) is 14.4. The van der Waals surface area contributed by atoms with E-state index < -0.39 is 0 Å². The van der Waals surface area contributed by atoms with E-state index in [4.69, 9.17) is 27.6 Å². The minimum absolute atomic E-state index is 0.283.